The van der Waals surface area contributed by atoms with Crippen LogP contribution in [-0.4, -0.2) is 9.36 Å². The molecular formula is C12H7N3OS. The molecule has 0 amide bonds. The molecule has 0 radical (unpaired) electrons. The van der Waals surface area contributed by atoms with Crippen LogP contribution in [0.15, 0.2) is 29.8 Å². The van der Waals surface area contributed by atoms with Crippen LogP contribution in [0, 0.1) is 0 Å². The molecule has 5 heteroatoms. The van der Waals surface area contributed by atoms with Gasteiger partial charge in [0.2, 0.25) is 0 Å². The molecule has 1 aliphatic rings. The van der Waals surface area contributed by atoms with Crippen molar-refractivity contribution in [1.29, 1.82) is 0 Å². The van der Waals surface area contributed by atoms with E-state index >= 15 is 0 Å². The predicted octanol–water partition coefficient (Wildman–Crippen LogP) is 2.71. The van der Waals surface area contributed by atoms with Crippen molar-refractivity contribution >= 4 is 39.5 Å². The minimum atomic E-state index is 0.812. The summed E-state index contributed by atoms with van der Waals surface area (Å²) >= 11 is 1.42. The second-order valence-corrected chi connectivity index (χ2v) is 4.44. The van der Waals surface area contributed by atoms with Crippen molar-refractivity contribution in [3.05, 3.63) is 35.3 Å². The first kappa shape index (κ1) is 8.95. The van der Waals surface area contributed by atoms with Gasteiger partial charge in [0.25, 0.3) is 0 Å². The molecule has 1 aromatic carbocycles. The third kappa shape index (κ3) is 1.23. The minimum absolute atomic E-state index is 0.812. The number of benzene rings is 1. The fourth-order valence-corrected chi connectivity index (χ4v) is 2.58. The van der Waals surface area contributed by atoms with Crippen molar-refractivity contribution in [2.45, 2.75) is 0 Å². The molecule has 2 aromatic heterocycles. The van der Waals surface area contributed by atoms with Crippen LogP contribution in [-0.2, 0) is 0 Å². The monoisotopic (exact) mass is 241 g/mol. The molecule has 82 valence electrons. The third-order valence-electron chi connectivity index (χ3n) is 2.80. The molecule has 1 N–H and O–H groups in total. The highest BCUT2D eigenvalue weighted by Crippen LogP contribution is 2.33. The molecule has 4 rings (SSSR count). The minimum Gasteiger partial charge on any atom is -0.381 e. The number of hydrogen-bond donors (Lipinski definition) is 1. The molecular weight excluding hydrogens is 234 g/mol. The van der Waals surface area contributed by atoms with Gasteiger partial charge < -0.3 is 4.84 Å². The summed E-state index contributed by atoms with van der Waals surface area (Å²) in [6.07, 6.45) is 3.74. The van der Waals surface area contributed by atoms with Gasteiger partial charge in [-0.15, -0.1) is 0 Å². The van der Waals surface area contributed by atoms with E-state index in [0.717, 1.165) is 33.2 Å². The van der Waals surface area contributed by atoms with Gasteiger partial charge in [-0.05, 0) is 35.8 Å². The van der Waals surface area contributed by atoms with Crippen molar-refractivity contribution in [2.75, 3.05) is 0 Å². The standard InChI is InChI=1S/C12H7N3OS/c1-2-9-8(12-7(1)3-4-13-16-12)5-10-11(14-9)6-17-15-10/h1-6,13H. The van der Waals surface area contributed by atoms with E-state index in [9.17, 15) is 0 Å². The number of hydroxylamine groups is 1. The second-order valence-electron chi connectivity index (χ2n) is 3.81. The molecule has 0 saturated carbocycles. The van der Waals surface area contributed by atoms with Crippen LogP contribution in [0.3, 0.4) is 0 Å². The Balaban J connectivity index is 2.17. The van der Waals surface area contributed by atoms with Crippen molar-refractivity contribution in [1.82, 2.24) is 14.8 Å². The summed E-state index contributed by atoms with van der Waals surface area (Å²) in [4.78, 5) is 10.0. The summed E-state index contributed by atoms with van der Waals surface area (Å²) < 4.78 is 4.30. The molecule has 0 saturated heterocycles. The SMILES string of the molecule is C1=Cc2ccc3nc4csnc4cc3c2ON1. The number of pyridine rings is 1. The van der Waals surface area contributed by atoms with E-state index < -0.39 is 0 Å². The summed E-state index contributed by atoms with van der Waals surface area (Å²) in [7, 11) is 0. The lowest BCUT2D eigenvalue weighted by molar-refractivity contribution is 0.242. The molecule has 0 atom stereocenters. The van der Waals surface area contributed by atoms with E-state index in [0.29, 0.717) is 0 Å². The molecule has 4 nitrogen and oxygen atoms in total. The Bertz CT molecular complexity index is 763. The Morgan fingerprint density at radius 2 is 2.18 bits per heavy atom. The van der Waals surface area contributed by atoms with Crippen LogP contribution in [0.1, 0.15) is 5.56 Å². The summed E-state index contributed by atoms with van der Waals surface area (Å²) in [6.45, 7) is 0. The van der Waals surface area contributed by atoms with Gasteiger partial charge in [-0.25, -0.2) is 10.5 Å². The Hall–Kier alpha value is -2.14. The quantitative estimate of drug-likeness (QED) is 0.657. The number of nitrogens with one attached hydrogen (secondary N) is 1. The Morgan fingerprint density at radius 1 is 1.18 bits per heavy atom. The summed E-state index contributed by atoms with van der Waals surface area (Å²) in [5, 5.41) is 2.94. The van der Waals surface area contributed by atoms with Crippen LogP contribution in [0.2, 0.25) is 0 Å². The van der Waals surface area contributed by atoms with Gasteiger partial charge >= 0.3 is 0 Å². The van der Waals surface area contributed by atoms with Crippen molar-refractivity contribution in [2.24, 2.45) is 0 Å². The Morgan fingerprint density at radius 3 is 3.18 bits per heavy atom. The Labute approximate surface area is 101 Å². The molecule has 0 spiro atoms. The topological polar surface area (TPSA) is 47.0 Å². The van der Waals surface area contributed by atoms with E-state index in [1.165, 1.54) is 11.5 Å². The van der Waals surface area contributed by atoms with E-state index in [4.69, 9.17) is 4.84 Å². The van der Waals surface area contributed by atoms with Gasteiger partial charge in [0, 0.05) is 22.5 Å². The highest BCUT2D eigenvalue weighted by atomic mass is 32.1. The number of hydrogen-bond acceptors (Lipinski definition) is 5. The van der Waals surface area contributed by atoms with Gasteiger partial charge in [0.05, 0.1) is 5.52 Å². The van der Waals surface area contributed by atoms with Gasteiger partial charge in [0.15, 0.2) is 5.75 Å². The molecule has 17 heavy (non-hydrogen) atoms. The molecule has 0 unspecified atom stereocenters. The van der Waals surface area contributed by atoms with Crippen LogP contribution in [0.4, 0.5) is 0 Å². The number of aromatic nitrogens is 2. The normalized spacial score (nSPS) is 13.4. The zero-order valence-electron chi connectivity index (χ0n) is 8.68. The average molecular weight is 241 g/mol. The maximum atomic E-state index is 5.46. The lowest BCUT2D eigenvalue weighted by Gasteiger charge is -2.14. The number of rotatable bonds is 0. The van der Waals surface area contributed by atoms with Crippen molar-refractivity contribution in [3.63, 3.8) is 0 Å². The summed E-state index contributed by atoms with van der Waals surface area (Å²) in [5.74, 6) is 0.812. The highest BCUT2D eigenvalue weighted by Gasteiger charge is 2.12. The first-order valence-corrected chi connectivity index (χ1v) is 6.02. The predicted molar refractivity (Wildman–Crippen MR) is 67.7 cm³/mol. The van der Waals surface area contributed by atoms with Crippen molar-refractivity contribution in [3.8, 4) is 5.75 Å². The highest BCUT2D eigenvalue weighted by molar-refractivity contribution is 7.04. The van der Waals surface area contributed by atoms with E-state index in [1.807, 2.05) is 29.7 Å². The van der Waals surface area contributed by atoms with Gasteiger partial charge in [-0.2, -0.15) is 4.37 Å². The maximum absolute atomic E-state index is 5.46. The molecule has 3 aromatic rings. The zero-order chi connectivity index (χ0) is 11.2. The maximum Gasteiger partial charge on any atom is 0.171 e. The van der Waals surface area contributed by atoms with Gasteiger partial charge in [-0.1, -0.05) is 0 Å². The fourth-order valence-electron chi connectivity index (χ4n) is 2.00. The third-order valence-corrected chi connectivity index (χ3v) is 3.43. The summed E-state index contributed by atoms with van der Waals surface area (Å²) in [6, 6.07) is 6.03. The lowest BCUT2D eigenvalue weighted by atomic mass is 10.1. The zero-order valence-corrected chi connectivity index (χ0v) is 9.49. The fraction of sp³-hybridized carbons (Fsp3) is 0. The largest absolute Gasteiger partial charge is 0.381 e. The van der Waals surface area contributed by atoms with Crippen LogP contribution in [0.5, 0.6) is 5.75 Å². The number of fused-ring (bicyclic) bond motifs is 4. The van der Waals surface area contributed by atoms with E-state index in [-0.39, 0.29) is 0 Å². The second kappa shape index (κ2) is 3.18. The molecule has 3 heterocycles. The van der Waals surface area contributed by atoms with Crippen LogP contribution in [0.25, 0.3) is 28.0 Å². The number of nitrogens with zero attached hydrogens (tertiary/aromatic N) is 2. The van der Waals surface area contributed by atoms with Gasteiger partial charge in [-0.3, -0.25) is 0 Å². The smallest absolute Gasteiger partial charge is 0.171 e. The van der Waals surface area contributed by atoms with Crippen LogP contribution < -0.4 is 10.3 Å². The molecule has 0 aliphatic carbocycles. The first-order chi connectivity index (χ1) is 8.42. The van der Waals surface area contributed by atoms with Crippen LogP contribution >= 0.6 is 11.5 Å². The summed E-state index contributed by atoms with van der Waals surface area (Å²) in [5.41, 5.74) is 6.57. The Kier molecular flexibility index (Phi) is 1.67. The van der Waals surface area contributed by atoms with Gasteiger partial charge in [0.1, 0.15) is 11.0 Å². The first-order valence-electron chi connectivity index (χ1n) is 5.18. The average Bonchev–Trinajstić information content (AvgIpc) is 2.83. The van der Waals surface area contributed by atoms with Crippen molar-refractivity contribution < 1.29 is 4.84 Å². The lowest BCUT2D eigenvalue weighted by Crippen LogP contribution is -2.14. The van der Waals surface area contributed by atoms with E-state index in [2.05, 4.69) is 14.8 Å². The molecule has 1 aliphatic heterocycles. The molecule has 0 bridgehead atoms. The molecule has 0 fully saturated rings. The van der Waals surface area contributed by atoms with E-state index in [1.54, 1.807) is 6.20 Å².